The first-order valence-electron chi connectivity index (χ1n) is 4.27. The first-order chi connectivity index (χ1) is 7.47. The topological polar surface area (TPSA) is 117 Å². The van der Waals surface area contributed by atoms with E-state index in [1.54, 1.807) is 12.3 Å². The zero-order valence-electron chi connectivity index (χ0n) is 8.11. The quantitative estimate of drug-likeness (QED) is 0.732. The Kier molecular flexibility index (Phi) is 2.37. The highest BCUT2D eigenvalue weighted by Crippen LogP contribution is 2.09. The summed E-state index contributed by atoms with van der Waals surface area (Å²) in [6.45, 7) is 0. The third-order valence-corrected chi connectivity index (χ3v) is 2.79. The maximum absolute atomic E-state index is 11.0. The van der Waals surface area contributed by atoms with E-state index in [4.69, 9.17) is 10.9 Å². The molecule has 2 heterocycles. The van der Waals surface area contributed by atoms with Gasteiger partial charge in [0.2, 0.25) is 10.0 Å². The van der Waals surface area contributed by atoms with E-state index in [-0.39, 0.29) is 4.90 Å². The fourth-order valence-corrected chi connectivity index (χ4v) is 1.60. The Morgan fingerprint density at radius 1 is 1.25 bits per heavy atom. The molecule has 0 bridgehead atoms. The second-order valence-corrected chi connectivity index (χ2v) is 4.64. The Morgan fingerprint density at radius 3 is 2.44 bits per heavy atom. The van der Waals surface area contributed by atoms with E-state index in [1.165, 1.54) is 23.0 Å². The standard InChI is InChI=1S/C8H9N5O2S/c9-7-3-4-13(12-7)8-2-1-6(5-11-8)16(10,14)15/h1-5H,(H2,9,12)(H2,10,14,15). The fraction of sp³-hybridized carbons (Fsp3) is 0. The lowest BCUT2D eigenvalue weighted by atomic mass is 10.5. The van der Waals surface area contributed by atoms with Gasteiger partial charge in [0, 0.05) is 18.5 Å². The molecule has 7 nitrogen and oxygen atoms in total. The smallest absolute Gasteiger partial charge is 0.239 e. The molecule has 0 radical (unpaired) electrons. The first-order valence-corrected chi connectivity index (χ1v) is 5.82. The lowest BCUT2D eigenvalue weighted by Gasteiger charge is -2.01. The van der Waals surface area contributed by atoms with E-state index in [9.17, 15) is 8.42 Å². The van der Waals surface area contributed by atoms with Crippen LogP contribution in [0.2, 0.25) is 0 Å². The van der Waals surface area contributed by atoms with Crippen LogP contribution < -0.4 is 10.9 Å². The van der Waals surface area contributed by atoms with E-state index < -0.39 is 10.0 Å². The van der Waals surface area contributed by atoms with Gasteiger partial charge >= 0.3 is 0 Å². The largest absolute Gasteiger partial charge is 0.382 e. The molecule has 2 rings (SSSR count). The first kappa shape index (κ1) is 10.6. The second-order valence-electron chi connectivity index (χ2n) is 3.08. The predicted molar refractivity (Wildman–Crippen MR) is 57.1 cm³/mol. The average Bonchev–Trinajstić information content (AvgIpc) is 2.64. The van der Waals surface area contributed by atoms with Gasteiger partial charge in [0.15, 0.2) is 5.82 Å². The zero-order chi connectivity index (χ0) is 11.8. The monoisotopic (exact) mass is 239 g/mol. The SMILES string of the molecule is Nc1ccn(-c2ccc(S(N)(=O)=O)cn2)n1. The molecule has 0 aliphatic carbocycles. The third kappa shape index (κ3) is 2.02. The van der Waals surface area contributed by atoms with Gasteiger partial charge in [-0.2, -0.15) is 0 Å². The molecule has 0 unspecified atom stereocenters. The van der Waals surface area contributed by atoms with Crippen molar-refractivity contribution in [2.75, 3.05) is 5.73 Å². The van der Waals surface area contributed by atoms with E-state index >= 15 is 0 Å². The van der Waals surface area contributed by atoms with E-state index in [0.717, 1.165) is 0 Å². The number of sulfonamides is 1. The summed E-state index contributed by atoms with van der Waals surface area (Å²) < 4.78 is 23.4. The summed E-state index contributed by atoms with van der Waals surface area (Å²) in [6, 6.07) is 4.46. The molecule has 0 fully saturated rings. The molecule has 4 N–H and O–H groups in total. The van der Waals surface area contributed by atoms with Gasteiger partial charge in [-0.1, -0.05) is 0 Å². The molecule has 2 aromatic heterocycles. The fourth-order valence-electron chi connectivity index (χ4n) is 1.14. The van der Waals surface area contributed by atoms with Crippen molar-refractivity contribution >= 4 is 15.8 Å². The van der Waals surface area contributed by atoms with Gasteiger partial charge in [-0.25, -0.2) is 23.2 Å². The number of nitrogen functional groups attached to an aromatic ring is 1. The van der Waals surface area contributed by atoms with Crippen LogP contribution in [0.5, 0.6) is 0 Å². The van der Waals surface area contributed by atoms with E-state index in [2.05, 4.69) is 10.1 Å². The second kappa shape index (κ2) is 3.58. The number of rotatable bonds is 2. The van der Waals surface area contributed by atoms with Crippen LogP contribution in [0.15, 0.2) is 35.5 Å². The molecule has 8 heteroatoms. The van der Waals surface area contributed by atoms with Gasteiger partial charge in [-0.15, -0.1) is 5.10 Å². The maximum atomic E-state index is 11.0. The van der Waals surface area contributed by atoms with Crippen molar-refractivity contribution in [3.8, 4) is 5.82 Å². The normalized spacial score (nSPS) is 11.6. The Morgan fingerprint density at radius 2 is 2.00 bits per heavy atom. The minimum Gasteiger partial charge on any atom is -0.382 e. The Hall–Kier alpha value is -1.93. The van der Waals surface area contributed by atoms with Crippen molar-refractivity contribution in [1.82, 2.24) is 14.8 Å². The van der Waals surface area contributed by atoms with Crippen LogP contribution in [-0.4, -0.2) is 23.2 Å². The molecular weight excluding hydrogens is 230 g/mol. The van der Waals surface area contributed by atoms with Crippen LogP contribution in [0.4, 0.5) is 5.82 Å². The molecule has 0 amide bonds. The highest BCUT2D eigenvalue weighted by molar-refractivity contribution is 7.89. The summed E-state index contributed by atoms with van der Waals surface area (Å²) in [6.07, 6.45) is 2.79. The minimum atomic E-state index is -3.71. The maximum Gasteiger partial charge on any atom is 0.239 e. The van der Waals surface area contributed by atoms with Crippen molar-refractivity contribution in [3.63, 3.8) is 0 Å². The summed E-state index contributed by atoms with van der Waals surface area (Å²) >= 11 is 0. The lowest BCUT2D eigenvalue weighted by Crippen LogP contribution is -2.12. The predicted octanol–water partition coefficient (Wildman–Crippen LogP) is -0.503. The average molecular weight is 239 g/mol. The number of anilines is 1. The van der Waals surface area contributed by atoms with Gasteiger partial charge in [-0.05, 0) is 12.1 Å². The van der Waals surface area contributed by atoms with Crippen molar-refractivity contribution < 1.29 is 8.42 Å². The summed E-state index contributed by atoms with van der Waals surface area (Å²) in [5.41, 5.74) is 5.44. The number of nitrogens with zero attached hydrogens (tertiary/aromatic N) is 3. The van der Waals surface area contributed by atoms with Gasteiger partial charge in [0.05, 0.1) is 0 Å². The number of primary sulfonamides is 1. The number of aromatic nitrogens is 3. The molecule has 0 aromatic carbocycles. The van der Waals surface area contributed by atoms with Crippen molar-refractivity contribution in [3.05, 3.63) is 30.6 Å². The van der Waals surface area contributed by atoms with Crippen LogP contribution in [0, 0.1) is 0 Å². The molecular formula is C8H9N5O2S. The van der Waals surface area contributed by atoms with Gasteiger partial charge in [0.1, 0.15) is 10.7 Å². The molecule has 0 aliphatic rings. The molecule has 0 spiro atoms. The van der Waals surface area contributed by atoms with Crippen LogP contribution >= 0.6 is 0 Å². The van der Waals surface area contributed by atoms with E-state index in [0.29, 0.717) is 11.6 Å². The highest BCUT2D eigenvalue weighted by atomic mass is 32.2. The van der Waals surface area contributed by atoms with Crippen molar-refractivity contribution in [2.45, 2.75) is 4.90 Å². The molecule has 0 saturated carbocycles. The Balaban J connectivity index is 2.40. The lowest BCUT2D eigenvalue weighted by molar-refractivity contribution is 0.597. The van der Waals surface area contributed by atoms with Crippen molar-refractivity contribution in [2.24, 2.45) is 5.14 Å². The number of hydrogen-bond acceptors (Lipinski definition) is 5. The van der Waals surface area contributed by atoms with Crippen LogP contribution in [0.3, 0.4) is 0 Å². The summed E-state index contributed by atoms with van der Waals surface area (Å²) in [7, 11) is -3.71. The zero-order valence-corrected chi connectivity index (χ0v) is 8.92. The molecule has 0 saturated heterocycles. The number of hydrogen-bond donors (Lipinski definition) is 2. The summed E-state index contributed by atoms with van der Waals surface area (Å²) in [5.74, 6) is 0.821. The van der Waals surface area contributed by atoms with Crippen LogP contribution in [-0.2, 0) is 10.0 Å². The van der Waals surface area contributed by atoms with Crippen molar-refractivity contribution in [1.29, 1.82) is 0 Å². The minimum absolute atomic E-state index is 0.0450. The summed E-state index contributed by atoms with van der Waals surface area (Å²) in [4.78, 5) is 3.87. The third-order valence-electron chi connectivity index (χ3n) is 1.89. The molecule has 0 aliphatic heterocycles. The molecule has 84 valence electrons. The highest BCUT2D eigenvalue weighted by Gasteiger charge is 2.08. The van der Waals surface area contributed by atoms with Gasteiger partial charge < -0.3 is 5.73 Å². The van der Waals surface area contributed by atoms with Crippen LogP contribution in [0.1, 0.15) is 0 Å². The van der Waals surface area contributed by atoms with E-state index in [1.807, 2.05) is 0 Å². The Labute approximate surface area is 91.8 Å². The van der Waals surface area contributed by atoms with Crippen LogP contribution in [0.25, 0.3) is 5.82 Å². The molecule has 16 heavy (non-hydrogen) atoms. The Bertz CT molecular complexity index is 602. The molecule has 2 aromatic rings. The summed E-state index contributed by atoms with van der Waals surface area (Å²) in [5, 5.41) is 8.86. The number of nitrogens with two attached hydrogens (primary N) is 2. The van der Waals surface area contributed by atoms with Gasteiger partial charge in [0.25, 0.3) is 0 Å². The number of pyridine rings is 1. The van der Waals surface area contributed by atoms with Gasteiger partial charge in [-0.3, -0.25) is 0 Å². The molecule has 0 atom stereocenters.